The number of nitrogens with zero attached hydrogens (tertiary/aromatic N) is 3. The van der Waals surface area contributed by atoms with Crippen LogP contribution in [0.5, 0.6) is 0 Å². The zero-order chi connectivity index (χ0) is 13.0. The van der Waals surface area contributed by atoms with Crippen molar-refractivity contribution in [2.45, 2.75) is 6.92 Å². The van der Waals surface area contributed by atoms with E-state index in [1.807, 2.05) is 6.92 Å². The number of hydrogen-bond acceptors (Lipinski definition) is 6. The third-order valence-corrected chi connectivity index (χ3v) is 2.50. The molecule has 0 bridgehead atoms. The van der Waals surface area contributed by atoms with Crippen LogP contribution in [0.25, 0.3) is 0 Å². The van der Waals surface area contributed by atoms with Gasteiger partial charge in [0.2, 0.25) is 5.96 Å². The minimum absolute atomic E-state index is 0.0707. The number of hydrogen-bond donors (Lipinski definition) is 2. The SMILES string of the molecule is CC(=NNC1=NCCN1)c1ccc([N+](=O)[O-])cc1. The van der Waals surface area contributed by atoms with E-state index in [1.54, 1.807) is 12.1 Å². The van der Waals surface area contributed by atoms with Crippen molar-refractivity contribution in [2.24, 2.45) is 10.1 Å². The molecule has 1 heterocycles. The van der Waals surface area contributed by atoms with Gasteiger partial charge < -0.3 is 5.32 Å². The molecule has 7 nitrogen and oxygen atoms in total. The fourth-order valence-electron chi connectivity index (χ4n) is 1.50. The highest BCUT2D eigenvalue weighted by Gasteiger charge is 2.06. The van der Waals surface area contributed by atoms with E-state index in [4.69, 9.17) is 0 Å². The quantitative estimate of drug-likeness (QED) is 0.471. The molecular formula is C11H13N5O2. The van der Waals surface area contributed by atoms with Gasteiger partial charge in [0.05, 0.1) is 17.2 Å². The summed E-state index contributed by atoms with van der Waals surface area (Å²) < 4.78 is 0. The van der Waals surface area contributed by atoms with Gasteiger partial charge in [-0.3, -0.25) is 10.1 Å². The first-order chi connectivity index (χ1) is 8.66. The third kappa shape index (κ3) is 2.82. The minimum Gasteiger partial charge on any atom is -0.353 e. The first-order valence-electron chi connectivity index (χ1n) is 5.50. The highest BCUT2D eigenvalue weighted by atomic mass is 16.6. The molecule has 0 radical (unpaired) electrons. The number of hydrazone groups is 1. The van der Waals surface area contributed by atoms with Gasteiger partial charge in [-0.1, -0.05) is 0 Å². The molecule has 1 aliphatic heterocycles. The van der Waals surface area contributed by atoms with Crippen molar-refractivity contribution in [1.29, 1.82) is 0 Å². The number of rotatable bonds is 3. The van der Waals surface area contributed by atoms with Crippen molar-refractivity contribution in [3.63, 3.8) is 0 Å². The molecule has 0 atom stereocenters. The maximum absolute atomic E-state index is 10.5. The summed E-state index contributed by atoms with van der Waals surface area (Å²) in [6.45, 7) is 3.38. The molecule has 1 aliphatic rings. The van der Waals surface area contributed by atoms with Crippen LogP contribution in [0.4, 0.5) is 5.69 Å². The van der Waals surface area contributed by atoms with Crippen molar-refractivity contribution in [2.75, 3.05) is 13.1 Å². The number of aliphatic imine (C=N–C) groups is 1. The molecule has 0 aliphatic carbocycles. The van der Waals surface area contributed by atoms with E-state index in [2.05, 4.69) is 20.8 Å². The molecule has 0 aromatic heterocycles. The van der Waals surface area contributed by atoms with Crippen molar-refractivity contribution >= 4 is 17.4 Å². The van der Waals surface area contributed by atoms with Crippen LogP contribution in [0, 0.1) is 10.1 Å². The van der Waals surface area contributed by atoms with E-state index in [-0.39, 0.29) is 5.69 Å². The van der Waals surface area contributed by atoms with Crippen molar-refractivity contribution in [1.82, 2.24) is 10.7 Å². The molecule has 94 valence electrons. The normalized spacial score (nSPS) is 14.9. The molecule has 0 saturated heterocycles. The van der Waals surface area contributed by atoms with Crippen molar-refractivity contribution in [3.05, 3.63) is 39.9 Å². The van der Waals surface area contributed by atoms with Gasteiger partial charge in [-0.25, -0.2) is 10.4 Å². The summed E-state index contributed by atoms with van der Waals surface area (Å²) in [6, 6.07) is 6.25. The highest BCUT2D eigenvalue weighted by Crippen LogP contribution is 2.12. The van der Waals surface area contributed by atoms with Gasteiger partial charge in [-0.2, -0.15) is 5.10 Å². The number of nitro groups is 1. The number of benzene rings is 1. The van der Waals surface area contributed by atoms with Crippen molar-refractivity contribution < 1.29 is 4.92 Å². The molecule has 1 aromatic rings. The lowest BCUT2D eigenvalue weighted by Crippen LogP contribution is -2.30. The maximum atomic E-state index is 10.5. The van der Waals surface area contributed by atoms with Gasteiger partial charge in [0, 0.05) is 18.7 Å². The Morgan fingerprint density at radius 3 is 2.78 bits per heavy atom. The number of nitrogens with one attached hydrogen (secondary N) is 2. The lowest BCUT2D eigenvalue weighted by atomic mass is 10.1. The summed E-state index contributed by atoms with van der Waals surface area (Å²) in [5.41, 5.74) is 4.44. The molecule has 2 rings (SSSR count). The molecule has 0 spiro atoms. The van der Waals surface area contributed by atoms with Gasteiger partial charge >= 0.3 is 0 Å². The first-order valence-corrected chi connectivity index (χ1v) is 5.50. The predicted octanol–water partition coefficient (Wildman–Crippen LogP) is 0.868. The molecule has 0 unspecified atom stereocenters. The van der Waals surface area contributed by atoms with Crippen LogP contribution in [0.3, 0.4) is 0 Å². The largest absolute Gasteiger partial charge is 0.353 e. The van der Waals surface area contributed by atoms with Crippen LogP contribution in [-0.4, -0.2) is 29.7 Å². The zero-order valence-corrected chi connectivity index (χ0v) is 9.88. The summed E-state index contributed by atoms with van der Waals surface area (Å²) in [5, 5.41) is 17.7. The molecule has 18 heavy (non-hydrogen) atoms. The second-order valence-corrected chi connectivity index (χ2v) is 3.77. The Balaban J connectivity index is 2.05. The van der Waals surface area contributed by atoms with Gasteiger partial charge in [-0.15, -0.1) is 0 Å². The Hall–Kier alpha value is -2.44. The second-order valence-electron chi connectivity index (χ2n) is 3.77. The van der Waals surface area contributed by atoms with Gasteiger partial charge in [0.15, 0.2) is 0 Å². The lowest BCUT2D eigenvalue weighted by molar-refractivity contribution is -0.384. The molecule has 0 fully saturated rings. The topological polar surface area (TPSA) is 91.9 Å². The Labute approximate surface area is 104 Å². The fourth-order valence-corrected chi connectivity index (χ4v) is 1.50. The molecule has 0 amide bonds. The van der Waals surface area contributed by atoms with Gasteiger partial charge in [0.25, 0.3) is 5.69 Å². The third-order valence-electron chi connectivity index (χ3n) is 2.50. The van der Waals surface area contributed by atoms with Crippen LogP contribution in [0.2, 0.25) is 0 Å². The summed E-state index contributed by atoms with van der Waals surface area (Å²) in [7, 11) is 0. The summed E-state index contributed by atoms with van der Waals surface area (Å²) in [5.74, 6) is 0.649. The number of guanidine groups is 1. The molecule has 0 saturated carbocycles. The minimum atomic E-state index is -0.425. The average molecular weight is 247 g/mol. The van der Waals surface area contributed by atoms with E-state index in [0.29, 0.717) is 5.96 Å². The van der Waals surface area contributed by atoms with Gasteiger partial charge in [-0.05, 0) is 24.6 Å². The predicted molar refractivity (Wildman–Crippen MR) is 68.7 cm³/mol. The lowest BCUT2D eigenvalue weighted by Gasteiger charge is -2.03. The summed E-state index contributed by atoms with van der Waals surface area (Å²) in [6.07, 6.45) is 0. The maximum Gasteiger partial charge on any atom is 0.269 e. The molecular weight excluding hydrogens is 234 g/mol. The van der Waals surface area contributed by atoms with E-state index in [0.717, 1.165) is 24.4 Å². The number of nitro benzene ring substituents is 1. The van der Waals surface area contributed by atoms with Crippen molar-refractivity contribution in [3.8, 4) is 0 Å². The number of non-ortho nitro benzene ring substituents is 1. The summed E-state index contributed by atoms with van der Waals surface area (Å²) >= 11 is 0. The Morgan fingerprint density at radius 2 is 2.22 bits per heavy atom. The van der Waals surface area contributed by atoms with E-state index >= 15 is 0 Å². The van der Waals surface area contributed by atoms with Crippen LogP contribution < -0.4 is 10.7 Å². The zero-order valence-electron chi connectivity index (χ0n) is 9.88. The standard InChI is InChI=1S/C11H13N5O2/c1-8(14-15-11-12-6-7-13-11)9-2-4-10(5-3-9)16(17)18/h2-5H,6-7H2,1H3,(H2,12,13,15). The smallest absolute Gasteiger partial charge is 0.269 e. The Bertz CT molecular complexity index is 507. The molecule has 7 heteroatoms. The van der Waals surface area contributed by atoms with Crippen LogP contribution in [0.1, 0.15) is 12.5 Å². The van der Waals surface area contributed by atoms with Crippen LogP contribution >= 0.6 is 0 Å². The van der Waals surface area contributed by atoms with E-state index < -0.39 is 4.92 Å². The highest BCUT2D eigenvalue weighted by molar-refractivity contribution is 5.99. The Morgan fingerprint density at radius 1 is 1.50 bits per heavy atom. The second kappa shape index (κ2) is 5.26. The Kier molecular flexibility index (Phi) is 3.52. The first kappa shape index (κ1) is 12.0. The van der Waals surface area contributed by atoms with E-state index in [9.17, 15) is 10.1 Å². The van der Waals surface area contributed by atoms with Crippen LogP contribution in [-0.2, 0) is 0 Å². The monoisotopic (exact) mass is 247 g/mol. The molecule has 2 N–H and O–H groups in total. The average Bonchev–Trinajstić information content (AvgIpc) is 2.89. The fraction of sp³-hybridized carbons (Fsp3) is 0.273. The summed E-state index contributed by atoms with van der Waals surface area (Å²) in [4.78, 5) is 14.2. The molecule has 1 aromatic carbocycles. The van der Waals surface area contributed by atoms with Gasteiger partial charge in [0.1, 0.15) is 0 Å². The van der Waals surface area contributed by atoms with E-state index in [1.165, 1.54) is 12.1 Å². The van der Waals surface area contributed by atoms with Crippen LogP contribution in [0.15, 0.2) is 34.4 Å².